The third-order valence-electron chi connectivity index (χ3n) is 5.78. The Bertz CT molecular complexity index is 1220. The largest absolute Gasteiger partial charge is 0.466 e. The Hall–Kier alpha value is -2.78. The van der Waals surface area contributed by atoms with Crippen molar-refractivity contribution in [1.29, 1.82) is 0 Å². The zero-order chi connectivity index (χ0) is 22.2. The fourth-order valence-electron chi connectivity index (χ4n) is 4.20. The van der Waals surface area contributed by atoms with Crippen molar-refractivity contribution in [1.82, 2.24) is 13.9 Å². The molecule has 4 rings (SSSR count). The molecule has 2 aromatic heterocycles. The van der Waals surface area contributed by atoms with Gasteiger partial charge in [-0.25, -0.2) is 12.8 Å². The summed E-state index contributed by atoms with van der Waals surface area (Å²) in [6.45, 7) is 2.52. The second-order valence-electron chi connectivity index (χ2n) is 7.56. The van der Waals surface area contributed by atoms with Crippen LogP contribution in [0.1, 0.15) is 24.6 Å². The number of rotatable bonds is 6. The van der Waals surface area contributed by atoms with Crippen LogP contribution >= 0.6 is 0 Å². The highest BCUT2D eigenvalue weighted by Crippen LogP contribution is 2.32. The number of benzene rings is 1. The van der Waals surface area contributed by atoms with Gasteiger partial charge in [-0.2, -0.15) is 4.31 Å². The SMILES string of the molecule is CCOC(=O)Cc1c2n(c3cccnc13)CC(N(C)S(=O)(=O)c1ccc(F)cc1)CC2. The van der Waals surface area contributed by atoms with Gasteiger partial charge in [0.1, 0.15) is 5.82 Å². The summed E-state index contributed by atoms with van der Waals surface area (Å²) in [7, 11) is -2.21. The van der Waals surface area contributed by atoms with Crippen molar-refractivity contribution in [2.45, 2.75) is 43.7 Å². The van der Waals surface area contributed by atoms with E-state index >= 15 is 0 Å². The molecule has 1 aliphatic rings. The van der Waals surface area contributed by atoms with Gasteiger partial charge >= 0.3 is 5.97 Å². The Labute approximate surface area is 180 Å². The number of carbonyl (C=O) groups is 1. The normalized spacial score (nSPS) is 16.5. The van der Waals surface area contributed by atoms with E-state index in [9.17, 15) is 17.6 Å². The summed E-state index contributed by atoms with van der Waals surface area (Å²) in [6, 6.07) is 8.32. The molecule has 0 N–H and O–H groups in total. The quantitative estimate of drug-likeness (QED) is 0.545. The Kier molecular flexibility index (Phi) is 5.81. The molecule has 0 spiro atoms. The van der Waals surface area contributed by atoms with E-state index in [0.717, 1.165) is 34.4 Å². The Morgan fingerprint density at radius 3 is 2.74 bits per heavy atom. The summed E-state index contributed by atoms with van der Waals surface area (Å²) in [5.41, 5.74) is 3.45. The molecule has 1 aliphatic heterocycles. The van der Waals surface area contributed by atoms with Crippen molar-refractivity contribution in [3.8, 4) is 0 Å². The van der Waals surface area contributed by atoms with Crippen LogP contribution in [0.3, 0.4) is 0 Å². The first-order valence-corrected chi connectivity index (χ1v) is 11.6. The first-order valence-electron chi connectivity index (χ1n) is 10.2. The molecular weight excluding hydrogens is 421 g/mol. The molecule has 1 atom stereocenters. The Morgan fingerprint density at radius 1 is 1.29 bits per heavy atom. The van der Waals surface area contributed by atoms with E-state index in [-0.39, 0.29) is 23.3 Å². The summed E-state index contributed by atoms with van der Waals surface area (Å²) in [6.07, 6.45) is 3.03. The lowest BCUT2D eigenvalue weighted by Gasteiger charge is -2.32. The van der Waals surface area contributed by atoms with Gasteiger partial charge in [0.2, 0.25) is 10.0 Å². The van der Waals surface area contributed by atoms with E-state index in [4.69, 9.17) is 4.74 Å². The van der Waals surface area contributed by atoms with E-state index in [0.29, 0.717) is 26.0 Å². The summed E-state index contributed by atoms with van der Waals surface area (Å²) >= 11 is 0. The summed E-state index contributed by atoms with van der Waals surface area (Å²) in [4.78, 5) is 16.7. The van der Waals surface area contributed by atoms with Crippen LogP contribution in [-0.4, -0.2) is 47.9 Å². The summed E-state index contributed by atoms with van der Waals surface area (Å²) in [5, 5.41) is 0. The minimum atomic E-state index is -3.77. The number of esters is 1. The lowest BCUT2D eigenvalue weighted by atomic mass is 10.0. The number of aromatic nitrogens is 2. The number of fused-ring (bicyclic) bond motifs is 3. The molecule has 7 nitrogen and oxygen atoms in total. The second-order valence-corrected chi connectivity index (χ2v) is 9.55. The zero-order valence-electron chi connectivity index (χ0n) is 17.4. The lowest BCUT2D eigenvalue weighted by molar-refractivity contribution is -0.142. The predicted molar refractivity (Wildman–Crippen MR) is 114 cm³/mol. The summed E-state index contributed by atoms with van der Waals surface area (Å²) in [5.74, 6) is -0.786. The highest BCUT2D eigenvalue weighted by molar-refractivity contribution is 7.89. The molecule has 3 aromatic rings. The van der Waals surface area contributed by atoms with Gasteiger partial charge in [0, 0.05) is 37.1 Å². The molecule has 0 fully saturated rings. The topological polar surface area (TPSA) is 81.5 Å². The molecule has 0 bridgehead atoms. The van der Waals surface area contributed by atoms with Crippen LogP contribution in [0.15, 0.2) is 47.5 Å². The lowest BCUT2D eigenvalue weighted by Crippen LogP contribution is -2.42. The number of halogens is 1. The predicted octanol–water partition coefficient (Wildman–Crippen LogP) is 2.92. The van der Waals surface area contributed by atoms with Crippen molar-refractivity contribution in [2.24, 2.45) is 0 Å². The number of ether oxygens (including phenoxy) is 1. The molecule has 1 unspecified atom stereocenters. The van der Waals surface area contributed by atoms with Crippen LogP contribution in [0.5, 0.6) is 0 Å². The molecule has 0 saturated heterocycles. The third kappa shape index (κ3) is 3.95. The van der Waals surface area contributed by atoms with E-state index in [1.165, 1.54) is 16.4 Å². The molecule has 0 aliphatic carbocycles. The van der Waals surface area contributed by atoms with Gasteiger partial charge in [-0.3, -0.25) is 9.78 Å². The number of likely N-dealkylation sites (N-methyl/N-ethyl adjacent to an activating group) is 1. The van der Waals surface area contributed by atoms with E-state index in [1.54, 1.807) is 20.2 Å². The fourth-order valence-corrected chi connectivity index (χ4v) is 5.58. The number of carbonyl (C=O) groups excluding carboxylic acids is 1. The Morgan fingerprint density at radius 2 is 2.03 bits per heavy atom. The van der Waals surface area contributed by atoms with Gasteiger partial charge in [0.15, 0.2) is 0 Å². The fraction of sp³-hybridized carbons (Fsp3) is 0.364. The monoisotopic (exact) mass is 445 g/mol. The highest BCUT2D eigenvalue weighted by Gasteiger charge is 2.33. The van der Waals surface area contributed by atoms with Gasteiger partial charge in [-0.05, 0) is 56.2 Å². The molecule has 31 heavy (non-hydrogen) atoms. The van der Waals surface area contributed by atoms with Gasteiger partial charge in [-0.15, -0.1) is 0 Å². The average molecular weight is 446 g/mol. The molecule has 164 valence electrons. The van der Waals surface area contributed by atoms with Crippen LogP contribution in [0.4, 0.5) is 4.39 Å². The number of pyridine rings is 1. The first kappa shape index (κ1) is 21.5. The number of nitrogens with zero attached hydrogens (tertiary/aromatic N) is 3. The van der Waals surface area contributed by atoms with Crippen LogP contribution in [-0.2, 0) is 38.9 Å². The number of hydrogen-bond acceptors (Lipinski definition) is 5. The molecule has 1 aromatic carbocycles. The molecule has 9 heteroatoms. The maximum Gasteiger partial charge on any atom is 0.310 e. The standard InChI is InChI=1S/C22H24FN3O4S/c1-3-30-21(27)13-18-19-11-8-16(14-26(19)20-5-4-12-24-22(18)20)25(2)31(28,29)17-9-6-15(23)7-10-17/h4-7,9-10,12,16H,3,8,11,13-14H2,1-2H3. The van der Waals surface area contributed by atoms with Crippen molar-refractivity contribution in [3.63, 3.8) is 0 Å². The van der Waals surface area contributed by atoms with E-state index in [2.05, 4.69) is 9.55 Å². The average Bonchev–Trinajstić information content (AvgIpc) is 3.07. The van der Waals surface area contributed by atoms with Crippen LogP contribution in [0.2, 0.25) is 0 Å². The maximum absolute atomic E-state index is 13.2. The van der Waals surface area contributed by atoms with Crippen LogP contribution < -0.4 is 0 Å². The first-order chi connectivity index (χ1) is 14.8. The van der Waals surface area contributed by atoms with Crippen LogP contribution in [0.25, 0.3) is 11.0 Å². The minimum absolute atomic E-state index is 0.0595. The van der Waals surface area contributed by atoms with Gasteiger partial charge in [-0.1, -0.05) is 0 Å². The smallest absolute Gasteiger partial charge is 0.310 e. The number of hydrogen-bond donors (Lipinski definition) is 0. The molecular formula is C22H24FN3O4S. The van der Waals surface area contributed by atoms with Crippen LogP contribution in [0, 0.1) is 5.82 Å². The van der Waals surface area contributed by atoms with Gasteiger partial charge in [0.05, 0.1) is 29.0 Å². The molecule has 0 amide bonds. The third-order valence-corrected chi connectivity index (χ3v) is 7.70. The maximum atomic E-state index is 13.2. The zero-order valence-corrected chi connectivity index (χ0v) is 18.2. The molecule has 0 saturated carbocycles. The number of sulfonamides is 1. The van der Waals surface area contributed by atoms with Crippen molar-refractivity contribution >= 4 is 27.0 Å². The minimum Gasteiger partial charge on any atom is -0.466 e. The Balaban J connectivity index is 1.67. The van der Waals surface area contributed by atoms with Crippen molar-refractivity contribution < 1.29 is 22.3 Å². The van der Waals surface area contributed by atoms with E-state index in [1.807, 2.05) is 12.1 Å². The summed E-state index contributed by atoms with van der Waals surface area (Å²) < 4.78 is 47.9. The van der Waals surface area contributed by atoms with E-state index < -0.39 is 15.8 Å². The highest BCUT2D eigenvalue weighted by atomic mass is 32.2. The van der Waals surface area contributed by atoms with Crippen molar-refractivity contribution in [3.05, 3.63) is 59.7 Å². The second kappa shape index (κ2) is 8.39. The van der Waals surface area contributed by atoms with Crippen molar-refractivity contribution in [2.75, 3.05) is 13.7 Å². The van der Waals surface area contributed by atoms with Gasteiger partial charge < -0.3 is 9.30 Å². The molecule has 3 heterocycles. The van der Waals surface area contributed by atoms with Gasteiger partial charge in [0.25, 0.3) is 0 Å². The molecule has 0 radical (unpaired) electrons.